The van der Waals surface area contributed by atoms with E-state index >= 15 is 0 Å². The van der Waals surface area contributed by atoms with Crippen LogP contribution in [0.15, 0.2) is 78.9 Å². The average Bonchev–Trinajstić information content (AvgIpc) is 3.68. The number of halogens is 1. The first-order valence-electron chi connectivity index (χ1n) is 12.1. The molecule has 1 fully saturated rings. The zero-order valence-corrected chi connectivity index (χ0v) is 20.3. The Labute approximate surface area is 202 Å². The number of nitrogens with zero attached hydrogens (tertiary/aromatic N) is 3. The summed E-state index contributed by atoms with van der Waals surface area (Å²) in [5.41, 5.74) is 4.07. The number of likely N-dealkylation sites (N-methyl/N-ethyl adjacent to an activating group) is 1. The Morgan fingerprint density at radius 3 is 2.21 bits per heavy atom. The van der Waals surface area contributed by atoms with Crippen LogP contribution in [0.25, 0.3) is 0 Å². The summed E-state index contributed by atoms with van der Waals surface area (Å²) in [6, 6.07) is 25.0. The lowest BCUT2D eigenvalue weighted by molar-refractivity contribution is -0.123. The van der Waals surface area contributed by atoms with Gasteiger partial charge in [0.2, 0.25) is 5.91 Å². The maximum absolute atomic E-state index is 14.0. The average molecular weight is 460 g/mol. The summed E-state index contributed by atoms with van der Waals surface area (Å²) in [5.74, 6) is -0.310. The zero-order valence-electron chi connectivity index (χ0n) is 20.3. The minimum Gasteiger partial charge on any atom is -0.369 e. The smallest absolute Gasteiger partial charge is 0.244 e. The molecule has 0 aliphatic heterocycles. The third-order valence-electron chi connectivity index (χ3n) is 6.50. The third kappa shape index (κ3) is 5.84. The number of amides is 1. The molecule has 5 heteroatoms. The molecule has 0 spiro atoms. The van der Waals surface area contributed by atoms with Crippen LogP contribution in [-0.4, -0.2) is 43.5 Å². The molecule has 1 unspecified atom stereocenters. The molecule has 178 valence electrons. The maximum Gasteiger partial charge on any atom is 0.244 e. The minimum absolute atomic E-state index is 0.000375. The standard InChI is InChI=1S/C29H34FN3O/c1-4-32(25-17-18-25)27-12-8-11-23(19-27)21-33(26-15-13-24(30)14-16-26)29(34)28(31(2)3)20-22-9-6-5-7-10-22/h5-16,19,25,28H,4,17-18,20-21H2,1-3H3. The van der Waals surface area contributed by atoms with Crippen LogP contribution in [0.4, 0.5) is 15.8 Å². The Kier molecular flexibility index (Phi) is 7.63. The topological polar surface area (TPSA) is 26.8 Å². The predicted octanol–water partition coefficient (Wildman–Crippen LogP) is 5.52. The molecule has 0 N–H and O–H groups in total. The summed E-state index contributed by atoms with van der Waals surface area (Å²) in [4.78, 5) is 20.1. The third-order valence-corrected chi connectivity index (χ3v) is 6.50. The molecule has 1 aliphatic carbocycles. The molecule has 3 aromatic rings. The maximum atomic E-state index is 14.0. The van der Waals surface area contributed by atoms with E-state index in [0.717, 1.165) is 17.7 Å². The van der Waals surface area contributed by atoms with Crippen molar-refractivity contribution >= 4 is 17.3 Å². The van der Waals surface area contributed by atoms with E-state index in [0.29, 0.717) is 24.7 Å². The van der Waals surface area contributed by atoms with E-state index in [2.05, 4.69) is 36.1 Å². The molecule has 0 aromatic heterocycles. The number of hydrogen-bond donors (Lipinski definition) is 0. The second-order valence-electron chi connectivity index (χ2n) is 9.26. The molecule has 1 atom stereocenters. The largest absolute Gasteiger partial charge is 0.369 e. The lowest BCUT2D eigenvalue weighted by Gasteiger charge is -2.31. The van der Waals surface area contributed by atoms with Crippen LogP contribution >= 0.6 is 0 Å². The SMILES string of the molecule is CCN(c1cccc(CN(C(=O)C(Cc2ccccc2)N(C)C)c2ccc(F)cc2)c1)C1CC1. The van der Waals surface area contributed by atoms with Gasteiger partial charge in [0.05, 0.1) is 12.6 Å². The van der Waals surface area contributed by atoms with E-state index in [-0.39, 0.29) is 17.8 Å². The molecule has 34 heavy (non-hydrogen) atoms. The summed E-state index contributed by atoms with van der Waals surface area (Å²) < 4.78 is 13.7. The van der Waals surface area contributed by atoms with Gasteiger partial charge >= 0.3 is 0 Å². The van der Waals surface area contributed by atoms with Gasteiger partial charge in [0.1, 0.15) is 5.82 Å². The highest BCUT2D eigenvalue weighted by Crippen LogP contribution is 2.32. The number of anilines is 2. The van der Waals surface area contributed by atoms with Gasteiger partial charge in [-0.05, 0) is 87.8 Å². The molecule has 1 saturated carbocycles. The first-order valence-corrected chi connectivity index (χ1v) is 12.1. The second-order valence-corrected chi connectivity index (χ2v) is 9.26. The summed E-state index contributed by atoms with van der Waals surface area (Å²) in [6.45, 7) is 3.58. The van der Waals surface area contributed by atoms with Gasteiger partial charge in [0.25, 0.3) is 0 Å². The van der Waals surface area contributed by atoms with Crippen LogP contribution < -0.4 is 9.80 Å². The lowest BCUT2D eigenvalue weighted by Crippen LogP contribution is -2.47. The van der Waals surface area contributed by atoms with Crippen LogP contribution in [0, 0.1) is 5.82 Å². The first-order chi connectivity index (χ1) is 16.5. The molecule has 0 bridgehead atoms. The number of rotatable bonds is 10. The van der Waals surface area contributed by atoms with E-state index in [1.54, 1.807) is 17.0 Å². The second kappa shape index (κ2) is 10.8. The van der Waals surface area contributed by atoms with E-state index in [1.807, 2.05) is 49.3 Å². The van der Waals surface area contributed by atoms with E-state index in [4.69, 9.17) is 0 Å². The van der Waals surface area contributed by atoms with Gasteiger partial charge in [-0.15, -0.1) is 0 Å². The summed E-state index contributed by atoms with van der Waals surface area (Å²) in [5, 5.41) is 0. The molecule has 1 amide bonds. The quantitative estimate of drug-likeness (QED) is 0.399. The van der Waals surface area contributed by atoms with E-state index < -0.39 is 0 Å². The van der Waals surface area contributed by atoms with E-state index in [1.165, 1.54) is 30.7 Å². The van der Waals surface area contributed by atoms with Gasteiger partial charge in [0, 0.05) is 24.0 Å². The van der Waals surface area contributed by atoms with Gasteiger partial charge < -0.3 is 9.80 Å². The van der Waals surface area contributed by atoms with Crippen molar-refractivity contribution < 1.29 is 9.18 Å². The molecule has 4 rings (SSSR count). The van der Waals surface area contributed by atoms with Crippen LogP contribution in [0.1, 0.15) is 30.9 Å². The number of carbonyl (C=O) groups is 1. The highest BCUT2D eigenvalue weighted by molar-refractivity contribution is 5.97. The van der Waals surface area contributed by atoms with Crippen molar-refractivity contribution in [2.24, 2.45) is 0 Å². The molecular weight excluding hydrogens is 425 g/mol. The van der Waals surface area contributed by atoms with Gasteiger partial charge in [0.15, 0.2) is 0 Å². The van der Waals surface area contributed by atoms with Crippen molar-refractivity contribution in [1.29, 1.82) is 0 Å². The highest BCUT2D eigenvalue weighted by atomic mass is 19.1. The van der Waals surface area contributed by atoms with Gasteiger partial charge in [-0.2, -0.15) is 0 Å². The first kappa shape index (κ1) is 24.0. The van der Waals surface area contributed by atoms with Crippen LogP contribution in [-0.2, 0) is 17.8 Å². The van der Waals surface area contributed by atoms with Gasteiger partial charge in [-0.3, -0.25) is 9.69 Å². The number of benzene rings is 3. The number of hydrogen-bond acceptors (Lipinski definition) is 3. The van der Waals surface area contributed by atoms with Crippen molar-refractivity contribution in [3.05, 3.63) is 95.8 Å². The van der Waals surface area contributed by atoms with Crippen LogP contribution in [0.2, 0.25) is 0 Å². The Balaban J connectivity index is 1.64. The molecule has 3 aromatic carbocycles. The summed E-state index contributed by atoms with van der Waals surface area (Å²) in [6.07, 6.45) is 3.08. The predicted molar refractivity (Wildman–Crippen MR) is 138 cm³/mol. The Hall–Kier alpha value is -3.18. The minimum atomic E-state index is -0.339. The molecule has 0 radical (unpaired) electrons. The van der Waals surface area contributed by atoms with Gasteiger partial charge in [-0.1, -0.05) is 42.5 Å². The fraction of sp³-hybridized carbons (Fsp3) is 0.345. The Morgan fingerprint density at radius 2 is 1.59 bits per heavy atom. The molecule has 0 saturated heterocycles. The summed E-state index contributed by atoms with van der Waals surface area (Å²) in [7, 11) is 3.87. The van der Waals surface area contributed by atoms with Crippen molar-refractivity contribution in [2.45, 2.75) is 44.8 Å². The fourth-order valence-corrected chi connectivity index (χ4v) is 4.48. The zero-order chi connectivity index (χ0) is 24.1. The molecular formula is C29H34FN3O. The Morgan fingerprint density at radius 1 is 0.912 bits per heavy atom. The van der Waals surface area contributed by atoms with E-state index in [9.17, 15) is 9.18 Å². The van der Waals surface area contributed by atoms with Gasteiger partial charge in [-0.25, -0.2) is 4.39 Å². The molecule has 0 heterocycles. The highest BCUT2D eigenvalue weighted by Gasteiger charge is 2.30. The van der Waals surface area contributed by atoms with Crippen molar-refractivity contribution in [1.82, 2.24) is 4.90 Å². The monoisotopic (exact) mass is 459 g/mol. The lowest BCUT2D eigenvalue weighted by atomic mass is 10.0. The number of carbonyl (C=O) groups excluding carboxylic acids is 1. The van der Waals surface area contributed by atoms with Crippen molar-refractivity contribution in [2.75, 3.05) is 30.4 Å². The van der Waals surface area contributed by atoms with Crippen LogP contribution in [0.5, 0.6) is 0 Å². The normalized spacial score (nSPS) is 14.1. The Bertz CT molecular complexity index is 1080. The fourth-order valence-electron chi connectivity index (χ4n) is 4.48. The van der Waals surface area contributed by atoms with Crippen molar-refractivity contribution in [3.63, 3.8) is 0 Å². The molecule has 1 aliphatic rings. The summed E-state index contributed by atoms with van der Waals surface area (Å²) >= 11 is 0. The van der Waals surface area contributed by atoms with Crippen LogP contribution in [0.3, 0.4) is 0 Å². The van der Waals surface area contributed by atoms with Crippen molar-refractivity contribution in [3.8, 4) is 0 Å². The molecule has 4 nitrogen and oxygen atoms in total.